The summed E-state index contributed by atoms with van der Waals surface area (Å²) >= 11 is 7.68. The molecule has 25 heavy (non-hydrogen) atoms. The van der Waals surface area contributed by atoms with Crippen LogP contribution in [-0.4, -0.2) is 17.8 Å². The lowest BCUT2D eigenvalue weighted by Gasteiger charge is -2.05. The van der Waals surface area contributed by atoms with Gasteiger partial charge in [0.2, 0.25) is 5.13 Å². The van der Waals surface area contributed by atoms with Crippen molar-refractivity contribution in [1.82, 2.24) is 4.98 Å². The minimum absolute atomic E-state index is 0.419. The Bertz CT molecular complexity index is 877. The van der Waals surface area contributed by atoms with E-state index in [1.165, 1.54) is 11.3 Å². The second-order valence-electron chi connectivity index (χ2n) is 5.06. The molecule has 0 amide bonds. The van der Waals surface area contributed by atoms with E-state index < -0.39 is 0 Å². The van der Waals surface area contributed by atoms with Crippen molar-refractivity contribution < 1.29 is 4.74 Å². The predicted molar refractivity (Wildman–Crippen MR) is 106 cm³/mol. The number of hydrogen-bond acceptors (Lipinski definition) is 5. The summed E-state index contributed by atoms with van der Waals surface area (Å²) in [6, 6.07) is 15.5. The van der Waals surface area contributed by atoms with E-state index in [9.17, 15) is 0 Å². The molecule has 0 aliphatic heterocycles. The van der Waals surface area contributed by atoms with Crippen LogP contribution in [0.3, 0.4) is 0 Å². The van der Waals surface area contributed by atoms with E-state index in [4.69, 9.17) is 16.3 Å². The predicted octanol–water partition coefficient (Wildman–Crippen LogP) is 5.47. The molecule has 0 saturated carbocycles. The fourth-order valence-electron chi connectivity index (χ4n) is 2.09. The highest BCUT2D eigenvalue weighted by Crippen LogP contribution is 2.26. The second kappa shape index (κ2) is 8.46. The molecule has 0 atom stereocenters. The number of hydrogen-bond donors (Lipinski definition) is 1. The van der Waals surface area contributed by atoms with Crippen LogP contribution in [0.1, 0.15) is 5.56 Å². The largest absolute Gasteiger partial charge is 0.488 e. The van der Waals surface area contributed by atoms with Gasteiger partial charge in [-0.05, 0) is 23.8 Å². The smallest absolute Gasteiger partial charge is 0.203 e. The zero-order valence-electron chi connectivity index (χ0n) is 13.4. The summed E-state index contributed by atoms with van der Waals surface area (Å²) in [5, 5.41) is 7.47. The van der Waals surface area contributed by atoms with Crippen molar-refractivity contribution in [1.29, 1.82) is 0 Å². The molecule has 0 fully saturated rings. The van der Waals surface area contributed by atoms with Gasteiger partial charge in [0.15, 0.2) is 0 Å². The van der Waals surface area contributed by atoms with Crippen LogP contribution in [0, 0.1) is 0 Å². The van der Waals surface area contributed by atoms with E-state index in [0.717, 1.165) is 22.0 Å². The van der Waals surface area contributed by atoms with Gasteiger partial charge >= 0.3 is 0 Å². The van der Waals surface area contributed by atoms with E-state index >= 15 is 0 Å². The highest BCUT2D eigenvalue weighted by molar-refractivity contribution is 7.14. The Kier molecular flexibility index (Phi) is 5.82. The first-order valence-corrected chi connectivity index (χ1v) is 8.85. The molecular weight excluding hydrogens is 354 g/mol. The Labute approximate surface area is 155 Å². The number of hydrazone groups is 1. The van der Waals surface area contributed by atoms with Gasteiger partial charge in [0.25, 0.3) is 0 Å². The van der Waals surface area contributed by atoms with Crippen molar-refractivity contribution in [3.05, 3.63) is 77.2 Å². The van der Waals surface area contributed by atoms with Crippen LogP contribution in [0.2, 0.25) is 5.02 Å². The summed E-state index contributed by atoms with van der Waals surface area (Å²) in [4.78, 5) is 4.52. The zero-order chi connectivity index (χ0) is 17.5. The highest BCUT2D eigenvalue weighted by atomic mass is 35.5. The van der Waals surface area contributed by atoms with Crippen LogP contribution in [0.5, 0.6) is 5.75 Å². The van der Waals surface area contributed by atoms with Crippen LogP contribution < -0.4 is 10.2 Å². The number of nitrogens with zero attached hydrogens (tertiary/aromatic N) is 2. The molecule has 1 heterocycles. The third-order valence-corrected chi connectivity index (χ3v) is 4.30. The number of nitrogens with one attached hydrogen (secondary N) is 1. The summed E-state index contributed by atoms with van der Waals surface area (Å²) < 4.78 is 5.44. The van der Waals surface area contributed by atoms with Gasteiger partial charge in [-0.3, -0.25) is 5.43 Å². The molecule has 1 aromatic heterocycles. The first kappa shape index (κ1) is 17.2. The number of anilines is 1. The zero-order valence-corrected chi connectivity index (χ0v) is 14.9. The number of benzene rings is 2. The lowest BCUT2D eigenvalue weighted by Crippen LogP contribution is -1.95. The second-order valence-corrected chi connectivity index (χ2v) is 6.33. The average Bonchev–Trinajstić information content (AvgIpc) is 3.11. The summed E-state index contributed by atoms with van der Waals surface area (Å²) in [6.07, 6.45) is 3.36. The molecule has 6 heteroatoms. The van der Waals surface area contributed by atoms with Crippen LogP contribution in [0.25, 0.3) is 11.3 Å². The molecule has 3 rings (SSSR count). The maximum Gasteiger partial charge on any atom is 0.203 e. The summed E-state index contributed by atoms with van der Waals surface area (Å²) in [5.41, 5.74) is 5.81. The average molecular weight is 370 g/mol. The molecule has 1 N–H and O–H groups in total. The number of thiazole rings is 1. The SMILES string of the molecule is C=CCOc1ccc(C=NNc2nc(-c3ccccc3)cs2)cc1Cl. The molecule has 3 aromatic rings. The fourth-order valence-corrected chi connectivity index (χ4v) is 3.00. The Morgan fingerprint density at radius 3 is 2.84 bits per heavy atom. The number of halogens is 1. The third-order valence-electron chi connectivity index (χ3n) is 3.26. The molecule has 0 bridgehead atoms. The molecule has 0 aliphatic carbocycles. The Balaban J connectivity index is 1.63. The molecule has 0 saturated heterocycles. The molecule has 126 valence electrons. The van der Waals surface area contributed by atoms with Gasteiger partial charge < -0.3 is 4.74 Å². The van der Waals surface area contributed by atoms with Gasteiger partial charge in [-0.2, -0.15) is 5.10 Å². The van der Waals surface area contributed by atoms with Crippen molar-refractivity contribution in [2.24, 2.45) is 5.10 Å². The molecule has 0 spiro atoms. The number of rotatable bonds is 7. The van der Waals surface area contributed by atoms with Crippen molar-refractivity contribution in [2.75, 3.05) is 12.0 Å². The summed E-state index contributed by atoms with van der Waals surface area (Å²) in [7, 11) is 0. The van der Waals surface area contributed by atoms with E-state index in [-0.39, 0.29) is 0 Å². The van der Waals surface area contributed by atoms with Gasteiger partial charge in [0.1, 0.15) is 12.4 Å². The summed E-state index contributed by atoms with van der Waals surface area (Å²) in [6.45, 7) is 4.03. The van der Waals surface area contributed by atoms with Gasteiger partial charge in [0, 0.05) is 10.9 Å². The molecule has 0 aliphatic rings. The first-order valence-electron chi connectivity index (χ1n) is 7.59. The first-order chi connectivity index (χ1) is 12.3. The van der Waals surface area contributed by atoms with Gasteiger partial charge in [-0.1, -0.05) is 54.6 Å². The van der Waals surface area contributed by atoms with Crippen molar-refractivity contribution >= 4 is 34.3 Å². The quantitative estimate of drug-likeness (QED) is 0.341. The minimum Gasteiger partial charge on any atom is -0.488 e. The van der Waals surface area contributed by atoms with E-state index in [0.29, 0.717) is 17.4 Å². The van der Waals surface area contributed by atoms with Crippen LogP contribution in [0.4, 0.5) is 5.13 Å². The maximum absolute atomic E-state index is 6.18. The topological polar surface area (TPSA) is 46.5 Å². The van der Waals surface area contributed by atoms with E-state index in [1.807, 2.05) is 47.8 Å². The van der Waals surface area contributed by atoms with Crippen molar-refractivity contribution in [3.8, 4) is 17.0 Å². The molecular formula is C19H16ClN3OS. The molecule has 0 unspecified atom stereocenters. The summed E-state index contributed by atoms with van der Waals surface area (Å²) in [5.74, 6) is 0.624. The van der Waals surface area contributed by atoms with Crippen molar-refractivity contribution in [3.63, 3.8) is 0 Å². The van der Waals surface area contributed by atoms with Crippen LogP contribution in [-0.2, 0) is 0 Å². The Morgan fingerprint density at radius 2 is 2.08 bits per heavy atom. The third kappa shape index (κ3) is 4.68. The van der Waals surface area contributed by atoms with Gasteiger partial charge in [0.05, 0.1) is 16.9 Å². The fraction of sp³-hybridized carbons (Fsp3) is 0.0526. The normalized spacial score (nSPS) is 10.8. The highest BCUT2D eigenvalue weighted by Gasteiger charge is 2.03. The van der Waals surface area contributed by atoms with Gasteiger partial charge in [-0.25, -0.2) is 4.98 Å². The number of ether oxygens (including phenoxy) is 1. The van der Waals surface area contributed by atoms with Crippen LogP contribution >= 0.6 is 22.9 Å². The molecule has 0 radical (unpaired) electrons. The molecule has 2 aromatic carbocycles. The van der Waals surface area contributed by atoms with Crippen molar-refractivity contribution in [2.45, 2.75) is 0 Å². The number of aromatic nitrogens is 1. The lowest BCUT2D eigenvalue weighted by atomic mass is 10.2. The minimum atomic E-state index is 0.419. The van der Waals surface area contributed by atoms with Crippen LogP contribution in [0.15, 0.2) is 71.7 Å². The van der Waals surface area contributed by atoms with E-state index in [1.54, 1.807) is 18.4 Å². The maximum atomic E-state index is 6.18. The van der Waals surface area contributed by atoms with E-state index in [2.05, 4.69) is 22.1 Å². The lowest BCUT2D eigenvalue weighted by molar-refractivity contribution is 0.363. The van der Waals surface area contributed by atoms with Gasteiger partial charge in [-0.15, -0.1) is 11.3 Å². The standard InChI is InChI=1S/C19H16ClN3OS/c1-2-10-24-18-9-8-14(11-16(18)20)12-21-23-19-22-17(13-25-19)15-6-4-3-5-7-15/h2-9,11-13H,1,10H2,(H,22,23). The Morgan fingerprint density at radius 1 is 1.24 bits per heavy atom. The molecule has 4 nitrogen and oxygen atoms in total. The monoisotopic (exact) mass is 369 g/mol. The Hall–Kier alpha value is -2.63.